The molecule has 0 radical (unpaired) electrons. The van der Waals surface area contributed by atoms with E-state index in [-0.39, 0.29) is 28.3 Å². The molecule has 1 aromatic rings. The minimum atomic E-state index is -0.863. The number of hydrogen-bond acceptors (Lipinski definition) is 4. The van der Waals surface area contributed by atoms with Crippen molar-refractivity contribution in [3.8, 4) is 11.5 Å². The molecule has 32 heavy (non-hydrogen) atoms. The van der Waals surface area contributed by atoms with Gasteiger partial charge < -0.3 is 19.3 Å². The van der Waals surface area contributed by atoms with Gasteiger partial charge in [0, 0.05) is 24.0 Å². The van der Waals surface area contributed by atoms with Crippen molar-refractivity contribution in [2.24, 2.45) is 28.6 Å². The third-order valence-electron chi connectivity index (χ3n) is 11.4. The Morgan fingerprint density at radius 1 is 1.09 bits per heavy atom. The van der Waals surface area contributed by atoms with Crippen LogP contribution in [-0.4, -0.2) is 36.6 Å². The Labute approximate surface area is 193 Å². The second kappa shape index (κ2) is 6.05. The summed E-state index contributed by atoms with van der Waals surface area (Å²) in [6.45, 7) is 11.0. The standard InChI is InChI=1S/C28H40O4/c1-16-10-11-27-21-17-8-9-19(30-6)22(21)32-23(27)28(31-7)13-12-26(27,18(16)14-17)15-20(28)25(5,29)24(2,3)4/h8-9,16,18,20,23,29H,10-15H2,1-7H3/t16-,18+,20-,23-,25?,26-,27+,28-/m1/s1. The topological polar surface area (TPSA) is 47.9 Å². The summed E-state index contributed by atoms with van der Waals surface area (Å²) in [7, 11) is 3.61. The molecule has 0 saturated heterocycles. The van der Waals surface area contributed by atoms with Crippen LogP contribution in [0, 0.1) is 28.6 Å². The van der Waals surface area contributed by atoms with E-state index in [2.05, 4.69) is 46.8 Å². The Hall–Kier alpha value is -1.26. The lowest BCUT2D eigenvalue weighted by Crippen LogP contribution is -2.80. The van der Waals surface area contributed by atoms with Gasteiger partial charge in [-0.15, -0.1) is 0 Å². The van der Waals surface area contributed by atoms with Crippen LogP contribution in [0.4, 0.5) is 0 Å². The molecular weight excluding hydrogens is 400 g/mol. The number of fused-ring (bicyclic) bond motifs is 2. The van der Waals surface area contributed by atoms with Gasteiger partial charge in [-0.25, -0.2) is 0 Å². The Bertz CT molecular complexity index is 976. The van der Waals surface area contributed by atoms with Gasteiger partial charge in [0.2, 0.25) is 0 Å². The number of ether oxygens (including phenoxy) is 3. The summed E-state index contributed by atoms with van der Waals surface area (Å²) >= 11 is 0. The number of aliphatic hydroxyl groups is 1. The van der Waals surface area contributed by atoms with Gasteiger partial charge in [0.15, 0.2) is 11.5 Å². The van der Waals surface area contributed by atoms with Gasteiger partial charge in [0.25, 0.3) is 0 Å². The molecule has 1 aliphatic heterocycles. The van der Waals surface area contributed by atoms with Gasteiger partial charge in [-0.2, -0.15) is 0 Å². The summed E-state index contributed by atoms with van der Waals surface area (Å²) in [4.78, 5) is 0. The van der Waals surface area contributed by atoms with Crippen LogP contribution in [0.3, 0.4) is 0 Å². The SMILES string of the molecule is COc1ccc2c3c1O[C@H]1[C@@]4(OC)CC[C@@]5(C[C@@H]4C(C)(O)C(C)(C)C)[C@@H](C2)[C@H](C)CC[C@]315. The van der Waals surface area contributed by atoms with E-state index in [0.29, 0.717) is 11.8 Å². The van der Waals surface area contributed by atoms with Crippen LogP contribution < -0.4 is 9.47 Å². The lowest BCUT2D eigenvalue weighted by molar-refractivity contribution is -0.313. The quantitative estimate of drug-likeness (QED) is 0.695. The molecular formula is C28H40O4. The average molecular weight is 441 g/mol. The molecule has 1 unspecified atom stereocenters. The minimum absolute atomic E-state index is 0.0274. The first-order valence-corrected chi connectivity index (χ1v) is 12.6. The Morgan fingerprint density at radius 2 is 1.84 bits per heavy atom. The van der Waals surface area contributed by atoms with Crippen molar-refractivity contribution in [2.45, 2.75) is 95.9 Å². The molecule has 4 fully saturated rings. The first-order chi connectivity index (χ1) is 15.0. The summed E-state index contributed by atoms with van der Waals surface area (Å²) in [5.74, 6) is 3.16. The van der Waals surface area contributed by atoms with Crippen molar-refractivity contribution in [2.75, 3.05) is 14.2 Å². The zero-order valence-corrected chi connectivity index (χ0v) is 20.9. The molecule has 4 heteroatoms. The zero-order chi connectivity index (χ0) is 22.9. The molecule has 4 bridgehead atoms. The molecule has 1 heterocycles. The van der Waals surface area contributed by atoms with Gasteiger partial charge in [-0.1, -0.05) is 33.8 Å². The maximum atomic E-state index is 12.1. The highest BCUT2D eigenvalue weighted by atomic mass is 16.6. The summed E-state index contributed by atoms with van der Waals surface area (Å²) in [6.07, 6.45) is 6.60. The number of methoxy groups -OCH3 is 2. The molecule has 5 aliphatic carbocycles. The Kier molecular flexibility index (Phi) is 4.02. The predicted molar refractivity (Wildman–Crippen MR) is 124 cm³/mol. The molecule has 2 spiro atoms. The van der Waals surface area contributed by atoms with E-state index in [1.54, 1.807) is 7.11 Å². The van der Waals surface area contributed by atoms with E-state index in [1.165, 1.54) is 24.0 Å². The van der Waals surface area contributed by atoms with Crippen LogP contribution >= 0.6 is 0 Å². The van der Waals surface area contributed by atoms with Gasteiger partial charge >= 0.3 is 0 Å². The lowest BCUT2D eigenvalue weighted by atomic mass is 9.30. The number of rotatable bonds is 3. The highest BCUT2D eigenvalue weighted by Crippen LogP contribution is 2.80. The van der Waals surface area contributed by atoms with Gasteiger partial charge in [0.05, 0.1) is 12.7 Å². The fourth-order valence-electron chi connectivity index (χ4n) is 9.42. The van der Waals surface area contributed by atoms with Crippen LogP contribution in [0.25, 0.3) is 0 Å². The minimum Gasteiger partial charge on any atom is -0.493 e. The van der Waals surface area contributed by atoms with E-state index in [4.69, 9.17) is 14.2 Å². The maximum absolute atomic E-state index is 12.1. The smallest absolute Gasteiger partial charge is 0.165 e. The molecule has 176 valence electrons. The van der Waals surface area contributed by atoms with Crippen molar-refractivity contribution in [1.29, 1.82) is 0 Å². The second-order valence-electron chi connectivity index (χ2n) is 12.9. The molecule has 6 aliphatic rings. The fourth-order valence-corrected chi connectivity index (χ4v) is 9.42. The maximum Gasteiger partial charge on any atom is 0.165 e. The fraction of sp³-hybridized carbons (Fsp3) is 0.786. The van der Waals surface area contributed by atoms with Gasteiger partial charge in [-0.05, 0) is 79.7 Å². The monoisotopic (exact) mass is 440 g/mol. The summed E-state index contributed by atoms with van der Waals surface area (Å²) in [5.41, 5.74) is 1.40. The van der Waals surface area contributed by atoms with E-state index >= 15 is 0 Å². The second-order valence-corrected chi connectivity index (χ2v) is 12.9. The predicted octanol–water partition coefficient (Wildman–Crippen LogP) is 5.28. The largest absolute Gasteiger partial charge is 0.493 e. The van der Waals surface area contributed by atoms with Crippen LogP contribution in [0.15, 0.2) is 12.1 Å². The summed E-state index contributed by atoms with van der Waals surface area (Å²) in [5, 5.41) is 12.1. The number of hydrogen-bond donors (Lipinski definition) is 1. The molecule has 1 N–H and O–H groups in total. The highest BCUT2D eigenvalue weighted by molar-refractivity contribution is 5.63. The molecule has 7 rings (SSSR count). The molecule has 4 nitrogen and oxygen atoms in total. The first kappa shape index (κ1) is 21.3. The Balaban J connectivity index is 1.65. The van der Waals surface area contributed by atoms with Crippen LogP contribution in [0.1, 0.15) is 77.8 Å². The van der Waals surface area contributed by atoms with E-state index < -0.39 is 11.2 Å². The Morgan fingerprint density at radius 3 is 2.50 bits per heavy atom. The first-order valence-electron chi connectivity index (χ1n) is 12.6. The van der Waals surface area contributed by atoms with Crippen molar-refractivity contribution >= 4 is 0 Å². The van der Waals surface area contributed by atoms with Crippen LogP contribution in [-0.2, 0) is 16.6 Å². The van der Waals surface area contributed by atoms with Crippen molar-refractivity contribution in [1.82, 2.24) is 0 Å². The highest BCUT2D eigenvalue weighted by Gasteiger charge is 2.82. The van der Waals surface area contributed by atoms with Crippen molar-refractivity contribution in [3.05, 3.63) is 23.3 Å². The zero-order valence-electron chi connectivity index (χ0n) is 20.9. The average Bonchev–Trinajstić information content (AvgIpc) is 3.12. The lowest BCUT2D eigenvalue weighted by Gasteiger charge is -2.75. The van der Waals surface area contributed by atoms with Crippen LogP contribution in [0.2, 0.25) is 0 Å². The molecule has 8 atom stereocenters. The van der Waals surface area contributed by atoms with Crippen molar-refractivity contribution < 1.29 is 19.3 Å². The summed E-state index contributed by atoms with van der Waals surface area (Å²) < 4.78 is 19.4. The molecule has 0 amide bonds. The van der Waals surface area contributed by atoms with Crippen LogP contribution in [0.5, 0.6) is 11.5 Å². The molecule has 0 aromatic heterocycles. The van der Waals surface area contributed by atoms with E-state index in [9.17, 15) is 5.11 Å². The summed E-state index contributed by atoms with van der Waals surface area (Å²) in [6, 6.07) is 4.40. The third kappa shape index (κ3) is 2.02. The third-order valence-corrected chi connectivity index (χ3v) is 11.4. The van der Waals surface area contributed by atoms with E-state index in [1.807, 2.05) is 7.11 Å². The van der Waals surface area contributed by atoms with Crippen molar-refractivity contribution in [3.63, 3.8) is 0 Å². The normalized spacial score (nSPS) is 45.1. The van der Waals surface area contributed by atoms with Gasteiger partial charge in [0.1, 0.15) is 11.7 Å². The van der Waals surface area contributed by atoms with Gasteiger partial charge in [-0.3, -0.25) is 0 Å². The molecule has 4 saturated carbocycles. The van der Waals surface area contributed by atoms with E-state index in [0.717, 1.165) is 37.2 Å². The molecule has 1 aromatic carbocycles. The number of benzene rings is 1.